The lowest BCUT2D eigenvalue weighted by Gasteiger charge is -2.11. The molecule has 0 amide bonds. The number of aromatic nitrogens is 2. The Morgan fingerprint density at radius 1 is 1.07 bits per heavy atom. The fourth-order valence-corrected chi connectivity index (χ4v) is 3.24. The van der Waals surface area contributed by atoms with Gasteiger partial charge in [0, 0.05) is 29.5 Å². The van der Waals surface area contributed by atoms with Crippen LogP contribution in [0.25, 0.3) is 11.3 Å². The van der Waals surface area contributed by atoms with Crippen molar-refractivity contribution in [2.45, 2.75) is 19.8 Å². The van der Waals surface area contributed by atoms with Crippen LogP contribution in [0.3, 0.4) is 0 Å². The molecule has 1 heterocycles. The van der Waals surface area contributed by atoms with Gasteiger partial charge in [0.05, 0.1) is 5.69 Å². The average Bonchev–Trinajstić information content (AvgIpc) is 2.67. The first-order valence-electron chi connectivity index (χ1n) is 8.93. The second-order valence-electron chi connectivity index (χ2n) is 6.45. The van der Waals surface area contributed by atoms with Gasteiger partial charge < -0.3 is 11.1 Å². The summed E-state index contributed by atoms with van der Waals surface area (Å²) in [6, 6.07) is 15.5. The van der Waals surface area contributed by atoms with E-state index in [1.807, 2.05) is 49.4 Å². The molecule has 0 bridgehead atoms. The highest BCUT2D eigenvalue weighted by molar-refractivity contribution is 7.70. The molecule has 8 heteroatoms. The summed E-state index contributed by atoms with van der Waals surface area (Å²) in [6.45, 7) is 2.48. The third kappa shape index (κ3) is 5.51. The zero-order valence-electron chi connectivity index (χ0n) is 15.6. The first-order valence-corrected chi connectivity index (χ1v) is 10.1. The number of nitrogens with one attached hydrogen (secondary N) is 2. The van der Waals surface area contributed by atoms with Crippen molar-refractivity contribution in [2.24, 2.45) is 0 Å². The average molecular weight is 398 g/mol. The number of nitrogen functional groups attached to an aromatic ring is 1. The van der Waals surface area contributed by atoms with E-state index >= 15 is 0 Å². The smallest absolute Gasteiger partial charge is 0.201 e. The molecule has 7 nitrogen and oxygen atoms in total. The van der Waals surface area contributed by atoms with E-state index in [4.69, 9.17) is 5.73 Å². The minimum Gasteiger partial charge on any atom is -0.399 e. The summed E-state index contributed by atoms with van der Waals surface area (Å²) in [7, 11) is -2.54. The highest BCUT2D eigenvalue weighted by Gasteiger charge is 2.05. The van der Waals surface area contributed by atoms with Crippen LogP contribution in [-0.4, -0.2) is 24.9 Å². The summed E-state index contributed by atoms with van der Waals surface area (Å²) < 4.78 is 23.6. The molecule has 0 aliphatic heterocycles. The van der Waals surface area contributed by atoms with Gasteiger partial charge in [0.15, 0.2) is 0 Å². The molecule has 28 heavy (non-hydrogen) atoms. The summed E-state index contributed by atoms with van der Waals surface area (Å²) in [5.74, 6) is 0.687. The van der Waals surface area contributed by atoms with Gasteiger partial charge in [-0.1, -0.05) is 18.2 Å². The van der Waals surface area contributed by atoms with Gasteiger partial charge in [-0.3, -0.25) is 0 Å². The zero-order chi connectivity index (χ0) is 19.9. The first kappa shape index (κ1) is 19.8. The first-order chi connectivity index (χ1) is 13.5. The van der Waals surface area contributed by atoms with E-state index in [0.29, 0.717) is 18.1 Å². The van der Waals surface area contributed by atoms with Gasteiger partial charge in [-0.25, -0.2) is 23.1 Å². The van der Waals surface area contributed by atoms with Crippen molar-refractivity contribution >= 4 is 28.1 Å². The Bertz CT molecular complexity index is 1030. The fraction of sp³-hybridized carbons (Fsp3) is 0.200. The van der Waals surface area contributed by atoms with E-state index in [1.54, 1.807) is 0 Å². The van der Waals surface area contributed by atoms with Crippen molar-refractivity contribution < 1.29 is 8.42 Å². The zero-order valence-corrected chi connectivity index (χ0v) is 16.4. The van der Waals surface area contributed by atoms with Crippen LogP contribution in [0, 0.1) is 6.92 Å². The lowest BCUT2D eigenvalue weighted by molar-refractivity contribution is 0.599. The molecule has 146 valence electrons. The lowest BCUT2D eigenvalue weighted by atomic mass is 10.0. The summed E-state index contributed by atoms with van der Waals surface area (Å²) in [5.41, 5.74) is 11.5. The van der Waals surface area contributed by atoms with Crippen LogP contribution >= 0.6 is 0 Å². The van der Waals surface area contributed by atoms with Gasteiger partial charge in [-0.15, -0.1) is 0 Å². The number of thiol groups is 1. The maximum atomic E-state index is 10.6. The van der Waals surface area contributed by atoms with Gasteiger partial charge in [-0.2, -0.15) is 0 Å². The van der Waals surface area contributed by atoms with Crippen LogP contribution in [0.4, 0.5) is 17.2 Å². The third-order valence-corrected chi connectivity index (χ3v) is 4.82. The van der Waals surface area contributed by atoms with E-state index in [-0.39, 0.29) is 0 Å². The molecule has 2 aromatic carbocycles. The molecule has 0 aliphatic rings. The molecule has 0 spiro atoms. The van der Waals surface area contributed by atoms with Crippen molar-refractivity contribution in [1.29, 1.82) is 0 Å². The Kier molecular flexibility index (Phi) is 6.57. The predicted molar refractivity (Wildman–Crippen MR) is 113 cm³/mol. The summed E-state index contributed by atoms with van der Waals surface area (Å²) in [5, 5.41) is 3.31. The highest BCUT2D eigenvalue weighted by Crippen LogP contribution is 2.24. The number of anilines is 3. The van der Waals surface area contributed by atoms with E-state index in [1.165, 1.54) is 11.9 Å². The van der Waals surface area contributed by atoms with Crippen molar-refractivity contribution in [3.63, 3.8) is 0 Å². The quantitative estimate of drug-likeness (QED) is 0.264. The van der Waals surface area contributed by atoms with Crippen LogP contribution in [-0.2, 0) is 17.3 Å². The van der Waals surface area contributed by atoms with E-state index < -0.39 is 10.9 Å². The molecule has 0 atom stereocenters. The largest absolute Gasteiger partial charge is 0.399 e. The summed E-state index contributed by atoms with van der Waals surface area (Å²) >= 11 is 0. The van der Waals surface area contributed by atoms with Crippen molar-refractivity contribution in [3.8, 4) is 11.3 Å². The van der Waals surface area contributed by atoms with Crippen LogP contribution in [0.1, 0.15) is 17.5 Å². The second-order valence-corrected chi connectivity index (χ2v) is 7.28. The number of benzene rings is 2. The van der Waals surface area contributed by atoms with Gasteiger partial charge in [0.1, 0.15) is 12.1 Å². The Balaban J connectivity index is 1.73. The summed E-state index contributed by atoms with van der Waals surface area (Å²) in [6.07, 6.45) is 3.04. The fourth-order valence-electron chi connectivity index (χ4n) is 2.90. The van der Waals surface area contributed by atoms with Crippen molar-refractivity contribution in [1.82, 2.24) is 14.7 Å². The second kappa shape index (κ2) is 9.29. The number of hydrogen-bond acceptors (Lipinski definition) is 6. The molecule has 0 radical (unpaired) electrons. The Morgan fingerprint density at radius 2 is 1.93 bits per heavy atom. The topological polar surface area (TPSA) is 110 Å². The molecule has 3 rings (SSSR count). The maximum absolute atomic E-state index is 10.6. The Hall–Kier alpha value is -2.97. The van der Waals surface area contributed by atoms with E-state index in [9.17, 15) is 8.42 Å². The van der Waals surface area contributed by atoms with E-state index in [2.05, 4.69) is 26.1 Å². The molecule has 4 N–H and O–H groups in total. The number of hydrogen-bond donors (Lipinski definition) is 4. The molecular formula is C20H23N5O2S. The molecule has 0 fully saturated rings. The van der Waals surface area contributed by atoms with Crippen LogP contribution in [0.5, 0.6) is 0 Å². The summed E-state index contributed by atoms with van der Waals surface area (Å²) in [4.78, 5) is 8.62. The molecule has 0 unspecified atom stereocenters. The Labute approximate surface area is 166 Å². The van der Waals surface area contributed by atoms with Gasteiger partial charge in [0.25, 0.3) is 0 Å². The monoisotopic (exact) mass is 397 g/mol. The number of aryl methyl sites for hydroxylation is 2. The number of nitrogens with two attached hydrogens (primary N) is 1. The number of nitrogens with zero attached hydrogens (tertiary/aromatic N) is 2. The van der Waals surface area contributed by atoms with Crippen LogP contribution < -0.4 is 15.8 Å². The molecule has 0 aliphatic carbocycles. The van der Waals surface area contributed by atoms with Gasteiger partial charge in [0.2, 0.25) is 10.9 Å². The van der Waals surface area contributed by atoms with Crippen molar-refractivity contribution in [2.75, 3.05) is 17.6 Å². The minimum absolute atomic E-state index is 0.436. The normalized spacial score (nSPS) is 10.9. The molecule has 0 saturated heterocycles. The molecule has 1 aromatic heterocycles. The predicted octanol–water partition coefficient (Wildman–Crippen LogP) is 2.83. The Morgan fingerprint density at radius 3 is 2.71 bits per heavy atom. The standard InChI is InChI=1S/C20H23N5O2S/c1-14-7-8-18(11-15(14)5-3-9-24-28(26)27)25-20-12-19(22-13-23-20)16-4-2-6-17(21)10-16/h2,4,6-8,10-13,28H,3,5,9,21H2,1H3,(H,22,23,25)(H,24,26,27). The number of rotatable bonds is 8. The van der Waals surface area contributed by atoms with Crippen molar-refractivity contribution in [3.05, 3.63) is 66.0 Å². The molecule has 3 aromatic rings. The highest BCUT2D eigenvalue weighted by atomic mass is 32.2. The van der Waals surface area contributed by atoms with E-state index in [0.717, 1.165) is 35.3 Å². The van der Waals surface area contributed by atoms with Crippen LogP contribution in [0.15, 0.2) is 54.9 Å². The molecular weight excluding hydrogens is 374 g/mol. The third-order valence-electron chi connectivity index (χ3n) is 4.33. The lowest BCUT2D eigenvalue weighted by Crippen LogP contribution is -2.13. The van der Waals surface area contributed by atoms with Gasteiger partial charge >= 0.3 is 0 Å². The molecule has 0 saturated carbocycles. The SMILES string of the molecule is Cc1ccc(Nc2cc(-c3cccc(N)c3)ncn2)cc1CCCN[SH](=O)=O. The maximum Gasteiger partial charge on any atom is 0.201 e. The van der Waals surface area contributed by atoms with Crippen LogP contribution in [0.2, 0.25) is 0 Å². The van der Waals surface area contributed by atoms with Gasteiger partial charge in [-0.05, 0) is 55.2 Å². The minimum atomic E-state index is -2.54.